The van der Waals surface area contributed by atoms with Crippen molar-refractivity contribution in [3.8, 4) is 0 Å². The molecule has 2 rings (SSSR count). The first-order valence-electron chi connectivity index (χ1n) is 6.38. The highest BCUT2D eigenvalue weighted by molar-refractivity contribution is 5.15. The first-order chi connectivity index (χ1) is 8.38. The molecular weight excluding hydrogens is 214 g/mol. The third-order valence-electron chi connectivity index (χ3n) is 3.20. The lowest BCUT2D eigenvalue weighted by atomic mass is 10.1. The van der Waals surface area contributed by atoms with E-state index < -0.39 is 0 Å². The summed E-state index contributed by atoms with van der Waals surface area (Å²) < 4.78 is 5.55. The highest BCUT2D eigenvalue weighted by Gasteiger charge is 2.17. The van der Waals surface area contributed by atoms with Crippen LogP contribution in [0.3, 0.4) is 0 Å². The summed E-state index contributed by atoms with van der Waals surface area (Å²) in [6.07, 6.45) is 3.50. The van der Waals surface area contributed by atoms with E-state index in [9.17, 15) is 5.11 Å². The Balaban J connectivity index is 1.76. The minimum Gasteiger partial charge on any atom is -0.395 e. The second kappa shape index (κ2) is 6.74. The van der Waals surface area contributed by atoms with E-state index in [4.69, 9.17) is 4.74 Å². The second-order valence-corrected chi connectivity index (χ2v) is 4.61. The SMILES string of the molecule is OC[C@H](Cc1ccccc1)NCC1CCCO1. The number of ether oxygens (including phenoxy) is 1. The average molecular weight is 235 g/mol. The summed E-state index contributed by atoms with van der Waals surface area (Å²) in [5.41, 5.74) is 1.26. The standard InChI is InChI=1S/C14H21NO2/c16-11-13(9-12-5-2-1-3-6-12)15-10-14-7-4-8-17-14/h1-3,5-6,13-16H,4,7-11H2/t13-,14?/m0/s1. The number of hydrogen-bond acceptors (Lipinski definition) is 3. The Kier molecular flexibility index (Phi) is 4.98. The molecule has 0 aliphatic carbocycles. The zero-order chi connectivity index (χ0) is 11.9. The minimum absolute atomic E-state index is 0.126. The normalized spacial score (nSPS) is 21.6. The summed E-state index contributed by atoms with van der Waals surface area (Å²) in [4.78, 5) is 0. The molecule has 94 valence electrons. The van der Waals surface area contributed by atoms with Gasteiger partial charge in [0, 0.05) is 19.2 Å². The van der Waals surface area contributed by atoms with Crippen molar-refractivity contribution in [3.63, 3.8) is 0 Å². The van der Waals surface area contributed by atoms with Crippen molar-refractivity contribution in [3.05, 3.63) is 35.9 Å². The Bertz CT molecular complexity index is 309. The van der Waals surface area contributed by atoms with Gasteiger partial charge in [-0.15, -0.1) is 0 Å². The molecule has 1 fully saturated rings. The number of rotatable bonds is 6. The van der Waals surface area contributed by atoms with E-state index in [2.05, 4.69) is 17.4 Å². The maximum absolute atomic E-state index is 9.36. The number of benzene rings is 1. The van der Waals surface area contributed by atoms with Gasteiger partial charge >= 0.3 is 0 Å². The molecular formula is C14H21NO2. The lowest BCUT2D eigenvalue weighted by Gasteiger charge is -2.18. The van der Waals surface area contributed by atoms with Gasteiger partial charge in [0.25, 0.3) is 0 Å². The summed E-state index contributed by atoms with van der Waals surface area (Å²) in [6, 6.07) is 10.4. The monoisotopic (exact) mass is 235 g/mol. The quantitative estimate of drug-likeness (QED) is 0.782. The molecule has 0 bridgehead atoms. The van der Waals surface area contributed by atoms with E-state index in [0.717, 1.165) is 32.4 Å². The molecule has 1 aromatic rings. The van der Waals surface area contributed by atoms with Crippen LogP contribution in [0.4, 0.5) is 0 Å². The van der Waals surface area contributed by atoms with Crippen molar-refractivity contribution >= 4 is 0 Å². The van der Waals surface area contributed by atoms with Crippen LogP contribution in [0.5, 0.6) is 0 Å². The van der Waals surface area contributed by atoms with Crippen LogP contribution >= 0.6 is 0 Å². The largest absolute Gasteiger partial charge is 0.395 e. The summed E-state index contributed by atoms with van der Waals surface area (Å²) in [5, 5.41) is 12.7. The van der Waals surface area contributed by atoms with Gasteiger partial charge in [-0.05, 0) is 24.8 Å². The molecule has 1 heterocycles. The van der Waals surface area contributed by atoms with Crippen LogP contribution in [0.2, 0.25) is 0 Å². The molecule has 1 aromatic carbocycles. The van der Waals surface area contributed by atoms with Crippen LogP contribution in [-0.2, 0) is 11.2 Å². The third-order valence-corrected chi connectivity index (χ3v) is 3.20. The van der Waals surface area contributed by atoms with Crippen LogP contribution < -0.4 is 5.32 Å². The van der Waals surface area contributed by atoms with Gasteiger partial charge in [-0.1, -0.05) is 30.3 Å². The molecule has 0 saturated carbocycles. The minimum atomic E-state index is 0.126. The smallest absolute Gasteiger partial charge is 0.0700 e. The number of hydrogen-bond donors (Lipinski definition) is 2. The zero-order valence-corrected chi connectivity index (χ0v) is 10.1. The van der Waals surface area contributed by atoms with E-state index in [1.807, 2.05) is 18.2 Å². The summed E-state index contributed by atoms with van der Waals surface area (Å²) in [5.74, 6) is 0. The molecule has 0 radical (unpaired) electrons. The van der Waals surface area contributed by atoms with Crippen molar-refractivity contribution in [2.24, 2.45) is 0 Å². The van der Waals surface area contributed by atoms with Crippen molar-refractivity contribution in [2.45, 2.75) is 31.4 Å². The van der Waals surface area contributed by atoms with E-state index in [0.29, 0.717) is 6.10 Å². The van der Waals surface area contributed by atoms with Crippen LogP contribution in [0.15, 0.2) is 30.3 Å². The molecule has 0 aromatic heterocycles. The zero-order valence-electron chi connectivity index (χ0n) is 10.1. The molecule has 2 atom stereocenters. The van der Waals surface area contributed by atoms with Gasteiger partial charge in [0.2, 0.25) is 0 Å². The fourth-order valence-electron chi connectivity index (χ4n) is 2.20. The van der Waals surface area contributed by atoms with E-state index in [1.165, 1.54) is 5.56 Å². The van der Waals surface area contributed by atoms with Crippen LogP contribution in [0, 0.1) is 0 Å². The Labute approximate surface area is 103 Å². The fraction of sp³-hybridized carbons (Fsp3) is 0.571. The Hall–Kier alpha value is -0.900. The van der Waals surface area contributed by atoms with Gasteiger partial charge in [0.05, 0.1) is 12.7 Å². The fourth-order valence-corrected chi connectivity index (χ4v) is 2.20. The predicted octanol–water partition coefficient (Wildman–Crippen LogP) is 1.36. The maximum atomic E-state index is 9.36. The highest BCUT2D eigenvalue weighted by Crippen LogP contribution is 2.11. The molecule has 2 N–H and O–H groups in total. The van der Waals surface area contributed by atoms with Gasteiger partial charge in [-0.2, -0.15) is 0 Å². The molecule has 1 saturated heterocycles. The number of nitrogens with one attached hydrogen (secondary N) is 1. The Morgan fingerprint density at radius 1 is 1.35 bits per heavy atom. The second-order valence-electron chi connectivity index (χ2n) is 4.61. The van der Waals surface area contributed by atoms with Crippen LogP contribution in [0.25, 0.3) is 0 Å². The molecule has 0 amide bonds. The first kappa shape index (κ1) is 12.6. The van der Waals surface area contributed by atoms with Crippen molar-refractivity contribution in [2.75, 3.05) is 19.8 Å². The van der Waals surface area contributed by atoms with Crippen molar-refractivity contribution < 1.29 is 9.84 Å². The summed E-state index contributed by atoms with van der Waals surface area (Å²) in [6.45, 7) is 1.90. The first-order valence-corrected chi connectivity index (χ1v) is 6.38. The van der Waals surface area contributed by atoms with Crippen LogP contribution in [-0.4, -0.2) is 37.0 Å². The van der Waals surface area contributed by atoms with Crippen molar-refractivity contribution in [1.29, 1.82) is 0 Å². The molecule has 17 heavy (non-hydrogen) atoms. The van der Waals surface area contributed by atoms with Crippen molar-refractivity contribution in [1.82, 2.24) is 5.32 Å². The summed E-state index contributed by atoms with van der Waals surface area (Å²) >= 11 is 0. The van der Waals surface area contributed by atoms with Gasteiger partial charge in [0.1, 0.15) is 0 Å². The topological polar surface area (TPSA) is 41.5 Å². The lowest BCUT2D eigenvalue weighted by Crippen LogP contribution is -2.39. The Morgan fingerprint density at radius 2 is 2.18 bits per heavy atom. The average Bonchev–Trinajstić information content (AvgIpc) is 2.89. The molecule has 3 heteroatoms. The molecule has 0 spiro atoms. The Morgan fingerprint density at radius 3 is 2.82 bits per heavy atom. The molecule has 3 nitrogen and oxygen atoms in total. The van der Waals surface area contributed by atoms with E-state index in [1.54, 1.807) is 0 Å². The number of aliphatic hydroxyl groups excluding tert-OH is 1. The van der Waals surface area contributed by atoms with E-state index >= 15 is 0 Å². The van der Waals surface area contributed by atoms with Gasteiger partial charge in [0.15, 0.2) is 0 Å². The van der Waals surface area contributed by atoms with E-state index in [-0.39, 0.29) is 12.6 Å². The summed E-state index contributed by atoms with van der Waals surface area (Å²) in [7, 11) is 0. The third kappa shape index (κ3) is 4.11. The maximum Gasteiger partial charge on any atom is 0.0700 e. The molecule has 1 aliphatic heterocycles. The predicted molar refractivity (Wildman–Crippen MR) is 68.0 cm³/mol. The van der Waals surface area contributed by atoms with Gasteiger partial charge in [-0.25, -0.2) is 0 Å². The molecule has 1 aliphatic rings. The van der Waals surface area contributed by atoms with Gasteiger partial charge < -0.3 is 15.2 Å². The molecule has 1 unspecified atom stereocenters. The van der Waals surface area contributed by atoms with Gasteiger partial charge in [-0.3, -0.25) is 0 Å². The van der Waals surface area contributed by atoms with Crippen LogP contribution in [0.1, 0.15) is 18.4 Å². The number of aliphatic hydroxyl groups is 1. The lowest BCUT2D eigenvalue weighted by molar-refractivity contribution is 0.104. The highest BCUT2D eigenvalue weighted by atomic mass is 16.5.